The van der Waals surface area contributed by atoms with Crippen molar-refractivity contribution in [1.29, 1.82) is 0 Å². The zero-order chi connectivity index (χ0) is 14.1. The number of benzene rings is 1. The fourth-order valence-corrected chi connectivity index (χ4v) is 1.95. The standard InChI is InChI=1S/C13H18BrNO4/c1-18-6-7-19-5-4-15-9-11-3-2-10(13(16)17)8-12(11)14/h2-3,8,15H,4-7,9H2,1H3,(H,16,17). The van der Waals surface area contributed by atoms with Gasteiger partial charge in [-0.15, -0.1) is 0 Å². The van der Waals surface area contributed by atoms with Crippen LogP contribution in [0.2, 0.25) is 0 Å². The molecule has 0 aliphatic heterocycles. The summed E-state index contributed by atoms with van der Waals surface area (Å²) in [5.41, 5.74) is 1.29. The number of carboxylic acid groups (broad SMARTS) is 1. The van der Waals surface area contributed by atoms with Crippen molar-refractivity contribution in [1.82, 2.24) is 5.32 Å². The Bertz CT molecular complexity index is 412. The third-order valence-corrected chi connectivity index (χ3v) is 3.21. The summed E-state index contributed by atoms with van der Waals surface area (Å²) in [6.07, 6.45) is 0. The molecule has 0 aliphatic carbocycles. The smallest absolute Gasteiger partial charge is 0.335 e. The molecule has 1 aromatic rings. The summed E-state index contributed by atoms with van der Waals surface area (Å²) >= 11 is 3.37. The third kappa shape index (κ3) is 6.15. The predicted octanol–water partition coefficient (Wildman–Crippen LogP) is 1.90. The molecule has 2 N–H and O–H groups in total. The Hall–Kier alpha value is -0.950. The van der Waals surface area contributed by atoms with Crippen LogP contribution in [0.5, 0.6) is 0 Å². The summed E-state index contributed by atoms with van der Waals surface area (Å²) in [5, 5.41) is 12.1. The van der Waals surface area contributed by atoms with Crippen LogP contribution in [0, 0.1) is 0 Å². The average molecular weight is 332 g/mol. The molecule has 0 bridgehead atoms. The van der Waals surface area contributed by atoms with Crippen LogP contribution in [0.4, 0.5) is 0 Å². The van der Waals surface area contributed by atoms with E-state index >= 15 is 0 Å². The van der Waals surface area contributed by atoms with Crippen LogP contribution in [0.3, 0.4) is 0 Å². The van der Waals surface area contributed by atoms with Crippen LogP contribution in [-0.4, -0.2) is 44.6 Å². The largest absolute Gasteiger partial charge is 0.478 e. The van der Waals surface area contributed by atoms with Gasteiger partial charge in [0.2, 0.25) is 0 Å². The maximum Gasteiger partial charge on any atom is 0.335 e. The molecule has 6 heteroatoms. The van der Waals surface area contributed by atoms with Gasteiger partial charge in [0, 0.05) is 24.7 Å². The zero-order valence-corrected chi connectivity index (χ0v) is 12.4. The molecule has 0 amide bonds. The molecule has 19 heavy (non-hydrogen) atoms. The fraction of sp³-hybridized carbons (Fsp3) is 0.462. The fourth-order valence-electron chi connectivity index (χ4n) is 1.44. The van der Waals surface area contributed by atoms with Crippen molar-refractivity contribution < 1.29 is 19.4 Å². The number of aromatic carboxylic acids is 1. The first-order valence-corrected chi connectivity index (χ1v) is 6.73. The Balaban J connectivity index is 2.28. The Kier molecular flexibility index (Phi) is 7.66. The number of nitrogens with one attached hydrogen (secondary N) is 1. The Morgan fingerprint density at radius 3 is 2.79 bits per heavy atom. The third-order valence-electron chi connectivity index (χ3n) is 2.47. The Labute approximate surface area is 121 Å². The maximum absolute atomic E-state index is 10.8. The minimum absolute atomic E-state index is 0.276. The number of ether oxygens (including phenoxy) is 2. The number of methoxy groups -OCH3 is 1. The van der Waals surface area contributed by atoms with Crippen LogP contribution < -0.4 is 5.32 Å². The summed E-state index contributed by atoms with van der Waals surface area (Å²) in [5.74, 6) is -0.924. The first-order valence-electron chi connectivity index (χ1n) is 5.94. The monoisotopic (exact) mass is 331 g/mol. The number of hydrogen-bond acceptors (Lipinski definition) is 4. The van der Waals surface area contributed by atoms with Crippen molar-refractivity contribution in [2.75, 3.05) is 33.5 Å². The molecular weight excluding hydrogens is 314 g/mol. The van der Waals surface area contributed by atoms with E-state index in [0.717, 1.165) is 16.6 Å². The van der Waals surface area contributed by atoms with E-state index in [1.165, 1.54) is 0 Å². The molecule has 0 heterocycles. The number of rotatable bonds is 9. The molecule has 0 spiro atoms. The van der Waals surface area contributed by atoms with E-state index in [4.69, 9.17) is 14.6 Å². The molecule has 5 nitrogen and oxygen atoms in total. The zero-order valence-electron chi connectivity index (χ0n) is 10.8. The van der Waals surface area contributed by atoms with E-state index in [9.17, 15) is 4.79 Å². The topological polar surface area (TPSA) is 67.8 Å². The van der Waals surface area contributed by atoms with Crippen LogP contribution in [0.25, 0.3) is 0 Å². The van der Waals surface area contributed by atoms with Gasteiger partial charge in [-0.2, -0.15) is 0 Å². The molecule has 0 atom stereocenters. The summed E-state index contributed by atoms with van der Waals surface area (Å²) in [6.45, 7) is 3.20. The quantitative estimate of drug-likeness (QED) is 0.676. The van der Waals surface area contributed by atoms with Gasteiger partial charge in [-0.25, -0.2) is 4.79 Å². The number of carbonyl (C=O) groups is 1. The molecule has 0 radical (unpaired) electrons. The minimum atomic E-state index is -0.924. The molecule has 0 aromatic heterocycles. The highest BCUT2D eigenvalue weighted by Crippen LogP contribution is 2.18. The van der Waals surface area contributed by atoms with E-state index in [-0.39, 0.29) is 5.56 Å². The number of halogens is 1. The highest BCUT2D eigenvalue weighted by molar-refractivity contribution is 9.10. The van der Waals surface area contributed by atoms with Crippen molar-refractivity contribution >= 4 is 21.9 Å². The van der Waals surface area contributed by atoms with Crippen molar-refractivity contribution in [3.63, 3.8) is 0 Å². The molecule has 106 valence electrons. The Morgan fingerprint density at radius 1 is 1.37 bits per heavy atom. The second kappa shape index (κ2) is 9.03. The second-order valence-electron chi connectivity index (χ2n) is 3.89. The van der Waals surface area contributed by atoms with Gasteiger partial charge in [0.05, 0.1) is 25.4 Å². The molecule has 1 rings (SSSR count). The van der Waals surface area contributed by atoms with Gasteiger partial charge >= 0.3 is 5.97 Å². The van der Waals surface area contributed by atoms with E-state index in [1.807, 2.05) is 0 Å². The van der Waals surface area contributed by atoms with Gasteiger partial charge < -0.3 is 19.9 Å². The predicted molar refractivity (Wildman–Crippen MR) is 75.5 cm³/mol. The summed E-state index contributed by atoms with van der Waals surface area (Å²) in [7, 11) is 1.64. The first-order chi connectivity index (χ1) is 9.15. The maximum atomic E-state index is 10.8. The van der Waals surface area contributed by atoms with Gasteiger partial charge in [-0.3, -0.25) is 0 Å². The lowest BCUT2D eigenvalue weighted by Gasteiger charge is -2.08. The van der Waals surface area contributed by atoms with Crippen LogP contribution in [0.15, 0.2) is 22.7 Å². The lowest BCUT2D eigenvalue weighted by Crippen LogP contribution is -2.20. The number of hydrogen-bond donors (Lipinski definition) is 2. The average Bonchev–Trinajstić information content (AvgIpc) is 2.39. The van der Waals surface area contributed by atoms with Crippen molar-refractivity contribution in [2.24, 2.45) is 0 Å². The molecule has 0 saturated carbocycles. The molecule has 1 aromatic carbocycles. The van der Waals surface area contributed by atoms with Crippen LogP contribution in [0.1, 0.15) is 15.9 Å². The first kappa shape index (κ1) is 16.1. The van der Waals surface area contributed by atoms with E-state index in [0.29, 0.717) is 26.4 Å². The molecule has 0 saturated heterocycles. The van der Waals surface area contributed by atoms with E-state index < -0.39 is 5.97 Å². The summed E-state index contributed by atoms with van der Waals surface area (Å²) in [6, 6.07) is 5.00. The molecular formula is C13H18BrNO4. The van der Waals surface area contributed by atoms with Gasteiger partial charge in [0.25, 0.3) is 0 Å². The van der Waals surface area contributed by atoms with Crippen LogP contribution >= 0.6 is 15.9 Å². The number of carboxylic acids is 1. The highest BCUT2D eigenvalue weighted by atomic mass is 79.9. The molecule has 0 unspecified atom stereocenters. The lowest BCUT2D eigenvalue weighted by atomic mass is 10.1. The SMILES string of the molecule is COCCOCCNCc1ccc(C(=O)O)cc1Br. The summed E-state index contributed by atoms with van der Waals surface area (Å²) < 4.78 is 11.0. The normalized spacial score (nSPS) is 10.6. The second-order valence-corrected chi connectivity index (χ2v) is 4.75. The van der Waals surface area contributed by atoms with Crippen molar-refractivity contribution in [3.05, 3.63) is 33.8 Å². The minimum Gasteiger partial charge on any atom is -0.478 e. The van der Waals surface area contributed by atoms with Gasteiger partial charge in [-0.05, 0) is 17.7 Å². The molecule has 0 fully saturated rings. The van der Waals surface area contributed by atoms with Gasteiger partial charge in [0.1, 0.15) is 0 Å². The van der Waals surface area contributed by atoms with Crippen molar-refractivity contribution in [2.45, 2.75) is 6.54 Å². The van der Waals surface area contributed by atoms with Gasteiger partial charge in [0.15, 0.2) is 0 Å². The lowest BCUT2D eigenvalue weighted by molar-refractivity contribution is 0.0697. The van der Waals surface area contributed by atoms with Crippen LogP contribution in [-0.2, 0) is 16.0 Å². The summed E-state index contributed by atoms with van der Waals surface area (Å²) in [4.78, 5) is 10.8. The highest BCUT2D eigenvalue weighted by Gasteiger charge is 2.06. The van der Waals surface area contributed by atoms with Crippen molar-refractivity contribution in [3.8, 4) is 0 Å². The van der Waals surface area contributed by atoms with E-state index in [1.54, 1.807) is 25.3 Å². The van der Waals surface area contributed by atoms with E-state index in [2.05, 4.69) is 21.2 Å². The molecule has 0 aliphatic rings. The van der Waals surface area contributed by atoms with Gasteiger partial charge in [-0.1, -0.05) is 22.0 Å². The Morgan fingerprint density at radius 2 is 2.16 bits per heavy atom.